The molecular weight excluding hydrogens is 438 g/mol. The first-order chi connectivity index (χ1) is 16.1. The Morgan fingerprint density at radius 2 is 1.88 bits per heavy atom. The average Bonchev–Trinajstić information content (AvgIpc) is 3.63. The van der Waals surface area contributed by atoms with E-state index in [1.54, 1.807) is 18.3 Å². The van der Waals surface area contributed by atoms with Crippen LogP contribution in [0.1, 0.15) is 73.3 Å². The predicted octanol–water partition coefficient (Wildman–Crippen LogP) is 4.88. The van der Waals surface area contributed by atoms with E-state index >= 15 is 0 Å². The van der Waals surface area contributed by atoms with E-state index in [1.165, 1.54) is 19.2 Å². The van der Waals surface area contributed by atoms with Crippen molar-refractivity contribution in [3.05, 3.63) is 59.1 Å². The Kier molecular flexibility index (Phi) is 6.42. The molecule has 2 aliphatic rings. The zero-order chi connectivity index (χ0) is 22.8. The lowest BCUT2D eigenvalue weighted by molar-refractivity contribution is 0.0532. The highest BCUT2D eigenvalue weighted by atomic mass is 35.5. The number of halogens is 1. The van der Waals surface area contributed by atoms with Gasteiger partial charge in [-0.1, -0.05) is 43.4 Å². The van der Waals surface area contributed by atoms with Crippen LogP contribution in [-0.2, 0) is 0 Å². The molecule has 1 unspecified atom stereocenters. The van der Waals surface area contributed by atoms with Crippen molar-refractivity contribution in [2.45, 2.75) is 63.5 Å². The molecule has 3 aromatic rings. The topological polar surface area (TPSA) is 92.9 Å². The summed E-state index contributed by atoms with van der Waals surface area (Å²) < 4.78 is 1.86. The van der Waals surface area contributed by atoms with Gasteiger partial charge < -0.3 is 10.4 Å². The highest BCUT2D eigenvalue weighted by molar-refractivity contribution is 6.34. The van der Waals surface area contributed by atoms with Crippen LogP contribution in [0.3, 0.4) is 0 Å². The minimum Gasteiger partial charge on any atom is -0.373 e. The predicted molar refractivity (Wildman–Crippen MR) is 126 cm³/mol. The molecule has 8 heteroatoms. The summed E-state index contributed by atoms with van der Waals surface area (Å²) in [5.41, 5.74) is 2.99. The van der Waals surface area contributed by atoms with Crippen LogP contribution in [0, 0.1) is 5.92 Å². The van der Waals surface area contributed by atoms with Crippen LogP contribution in [0.4, 0.5) is 0 Å². The number of amides is 1. The first kappa shape index (κ1) is 22.0. The van der Waals surface area contributed by atoms with Gasteiger partial charge in [-0.05, 0) is 43.9 Å². The Morgan fingerprint density at radius 1 is 1.09 bits per heavy atom. The van der Waals surface area contributed by atoms with Gasteiger partial charge in [-0.25, -0.2) is 14.6 Å². The maximum absolute atomic E-state index is 13.0. The number of rotatable bonds is 6. The molecule has 2 heterocycles. The van der Waals surface area contributed by atoms with E-state index in [-0.39, 0.29) is 11.8 Å². The molecule has 0 bridgehead atoms. The first-order valence-electron chi connectivity index (χ1n) is 11.8. The minimum absolute atomic E-state index is 0.0862. The van der Waals surface area contributed by atoms with Crippen molar-refractivity contribution in [3.63, 3.8) is 0 Å². The molecule has 5 rings (SSSR count). The minimum atomic E-state index is -0.867. The molecule has 2 saturated carbocycles. The molecule has 33 heavy (non-hydrogen) atoms. The molecule has 2 aromatic heterocycles. The number of aromatic nitrogens is 4. The third-order valence-electron chi connectivity index (χ3n) is 6.65. The summed E-state index contributed by atoms with van der Waals surface area (Å²) in [6.45, 7) is 0. The number of carbonyl (C=O) groups excluding carboxylic acids is 1. The third-order valence-corrected chi connectivity index (χ3v) is 6.98. The summed E-state index contributed by atoms with van der Waals surface area (Å²) in [5.74, 6) is 0.905. The van der Waals surface area contributed by atoms with E-state index in [1.807, 2.05) is 16.8 Å². The fourth-order valence-electron chi connectivity index (χ4n) is 4.61. The number of nitrogens with one attached hydrogen (secondary N) is 1. The van der Waals surface area contributed by atoms with Gasteiger partial charge in [0, 0.05) is 35.4 Å². The van der Waals surface area contributed by atoms with Crippen LogP contribution >= 0.6 is 11.6 Å². The van der Waals surface area contributed by atoms with Crippen molar-refractivity contribution < 1.29 is 9.90 Å². The molecule has 1 amide bonds. The fourth-order valence-corrected chi connectivity index (χ4v) is 4.82. The third kappa shape index (κ3) is 4.94. The van der Waals surface area contributed by atoms with E-state index < -0.39 is 6.23 Å². The molecule has 2 N–H and O–H groups in total. The van der Waals surface area contributed by atoms with Gasteiger partial charge in [-0.3, -0.25) is 4.79 Å². The Hall–Kier alpha value is -2.77. The Labute approximate surface area is 198 Å². The second-order valence-electron chi connectivity index (χ2n) is 9.07. The van der Waals surface area contributed by atoms with Gasteiger partial charge in [-0.2, -0.15) is 5.10 Å². The number of carbonyl (C=O) groups is 1. The first-order valence-corrected chi connectivity index (χ1v) is 12.1. The molecule has 0 saturated heterocycles. The summed E-state index contributed by atoms with van der Waals surface area (Å²) >= 11 is 6.38. The van der Waals surface area contributed by atoms with Crippen LogP contribution in [-0.4, -0.2) is 37.0 Å². The van der Waals surface area contributed by atoms with E-state index in [0.29, 0.717) is 16.5 Å². The van der Waals surface area contributed by atoms with Gasteiger partial charge >= 0.3 is 0 Å². The van der Waals surface area contributed by atoms with Gasteiger partial charge in [-0.15, -0.1) is 0 Å². The van der Waals surface area contributed by atoms with Crippen molar-refractivity contribution in [1.29, 1.82) is 0 Å². The number of aliphatic hydroxyl groups is 1. The summed E-state index contributed by atoms with van der Waals surface area (Å²) in [6.07, 6.45) is 11.0. The molecule has 2 aliphatic carbocycles. The van der Waals surface area contributed by atoms with Crippen LogP contribution in [0.25, 0.3) is 17.1 Å². The molecular formula is C25H28ClN5O2. The maximum Gasteiger partial charge on any atom is 0.254 e. The Balaban J connectivity index is 1.40. The molecule has 7 nitrogen and oxygen atoms in total. The summed E-state index contributed by atoms with van der Waals surface area (Å²) in [4.78, 5) is 21.3. The molecule has 0 radical (unpaired) electrons. The van der Waals surface area contributed by atoms with Crippen LogP contribution in [0.15, 0.2) is 42.9 Å². The number of hydrogen-bond donors (Lipinski definition) is 2. The van der Waals surface area contributed by atoms with Gasteiger partial charge in [0.25, 0.3) is 5.91 Å². The molecule has 1 aromatic carbocycles. The molecule has 1 atom stereocenters. The summed E-state index contributed by atoms with van der Waals surface area (Å²) in [6, 6.07) is 9.22. The van der Waals surface area contributed by atoms with E-state index in [9.17, 15) is 9.90 Å². The zero-order valence-electron chi connectivity index (χ0n) is 18.5. The maximum atomic E-state index is 13.0. The van der Waals surface area contributed by atoms with Crippen molar-refractivity contribution in [1.82, 2.24) is 25.1 Å². The van der Waals surface area contributed by atoms with E-state index in [0.717, 1.165) is 61.3 Å². The monoisotopic (exact) mass is 465 g/mol. The van der Waals surface area contributed by atoms with Crippen molar-refractivity contribution in [2.24, 2.45) is 5.92 Å². The van der Waals surface area contributed by atoms with Gasteiger partial charge in [0.1, 0.15) is 12.6 Å². The van der Waals surface area contributed by atoms with Crippen molar-refractivity contribution in [2.75, 3.05) is 0 Å². The lowest BCUT2D eigenvalue weighted by Crippen LogP contribution is -2.40. The number of hydrogen-bond acceptors (Lipinski definition) is 5. The Bertz CT molecular complexity index is 1120. The van der Waals surface area contributed by atoms with E-state index in [2.05, 4.69) is 21.4 Å². The lowest BCUT2D eigenvalue weighted by atomic mass is 9.98. The second-order valence-corrected chi connectivity index (χ2v) is 9.48. The number of aliphatic hydroxyl groups excluding tert-OH is 1. The summed E-state index contributed by atoms with van der Waals surface area (Å²) in [7, 11) is 0. The molecule has 0 aliphatic heterocycles. The van der Waals surface area contributed by atoms with Gasteiger partial charge in [0.05, 0.1) is 16.3 Å². The molecule has 172 valence electrons. The molecule has 0 spiro atoms. The number of benzene rings is 1. The highest BCUT2D eigenvalue weighted by Crippen LogP contribution is 2.42. The van der Waals surface area contributed by atoms with Gasteiger partial charge in [0.2, 0.25) is 0 Å². The second kappa shape index (κ2) is 9.61. The van der Waals surface area contributed by atoms with Crippen molar-refractivity contribution in [3.8, 4) is 17.1 Å². The average molecular weight is 466 g/mol. The standard InChI is InChI=1S/C25H28ClN5O2/c26-20-10-9-18(13-19(20)25(33)29-24(32)17-5-3-1-2-4-6-17)21-14-22(16-7-8-16)31(30-21)23-11-12-27-15-28-23/h9-17,24,32H,1-8H2,(H,29,33). The molecule has 2 fully saturated rings. The quantitative estimate of drug-likeness (QED) is 0.400. The van der Waals surface area contributed by atoms with E-state index in [4.69, 9.17) is 16.7 Å². The van der Waals surface area contributed by atoms with Crippen LogP contribution in [0.2, 0.25) is 5.02 Å². The zero-order valence-corrected chi connectivity index (χ0v) is 19.2. The smallest absolute Gasteiger partial charge is 0.254 e. The van der Waals surface area contributed by atoms with Crippen LogP contribution < -0.4 is 5.32 Å². The summed E-state index contributed by atoms with van der Waals surface area (Å²) in [5, 5.41) is 18.6. The highest BCUT2D eigenvalue weighted by Gasteiger charge is 2.29. The lowest BCUT2D eigenvalue weighted by Gasteiger charge is -2.22. The Morgan fingerprint density at radius 3 is 2.58 bits per heavy atom. The fraction of sp³-hybridized carbons (Fsp3) is 0.440. The largest absolute Gasteiger partial charge is 0.373 e. The number of nitrogens with zero attached hydrogens (tertiary/aromatic N) is 4. The normalized spacial score (nSPS) is 18.0. The van der Waals surface area contributed by atoms with Gasteiger partial charge in [0.15, 0.2) is 5.82 Å². The SMILES string of the molecule is O=C(NC(O)C1CCCCCC1)c1cc(-c2cc(C3CC3)n(-c3ccncn3)n2)ccc1Cl. The van der Waals surface area contributed by atoms with Crippen molar-refractivity contribution >= 4 is 17.5 Å². The van der Waals surface area contributed by atoms with Crippen LogP contribution in [0.5, 0.6) is 0 Å².